The van der Waals surface area contributed by atoms with E-state index in [1.54, 1.807) is 54.6 Å². The number of alkyl halides is 1. The van der Waals surface area contributed by atoms with Gasteiger partial charge in [0, 0.05) is 19.2 Å². The topological polar surface area (TPSA) is 80.8 Å². The van der Waals surface area contributed by atoms with E-state index >= 15 is 0 Å². The van der Waals surface area contributed by atoms with Crippen molar-refractivity contribution in [2.75, 3.05) is 25.1 Å². The van der Waals surface area contributed by atoms with E-state index in [2.05, 4.69) is 10.3 Å². The molecule has 2 aromatic carbocycles. The van der Waals surface area contributed by atoms with Crippen LogP contribution in [-0.2, 0) is 11.4 Å². The smallest absolute Gasteiger partial charge is 0.337 e. The number of pyridine rings is 1. The van der Waals surface area contributed by atoms with Gasteiger partial charge in [-0.05, 0) is 48.4 Å². The fraction of sp³-hybridized carbons (Fsp3) is 0.296. The largest absolute Gasteiger partial charge is 0.489 e. The van der Waals surface area contributed by atoms with Crippen molar-refractivity contribution in [1.29, 1.82) is 0 Å². The zero-order valence-corrected chi connectivity index (χ0v) is 20.8. The second-order valence-electron chi connectivity index (χ2n) is 8.59. The first-order valence-electron chi connectivity index (χ1n) is 11.6. The number of rotatable bonds is 8. The molecule has 1 aliphatic rings. The normalized spacial score (nSPS) is 15.9. The van der Waals surface area contributed by atoms with E-state index in [4.69, 9.17) is 21.1 Å². The van der Waals surface area contributed by atoms with Gasteiger partial charge in [-0.2, -0.15) is 0 Å². The van der Waals surface area contributed by atoms with Crippen molar-refractivity contribution >= 4 is 29.3 Å². The number of hydrogen-bond donors (Lipinski definition) is 1. The third-order valence-corrected chi connectivity index (χ3v) is 6.29. The Kier molecular flexibility index (Phi) is 8.05. The van der Waals surface area contributed by atoms with Gasteiger partial charge in [-0.15, -0.1) is 0 Å². The Morgan fingerprint density at radius 2 is 1.92 bits per heavy atom. The monoisotopic (exact) mass is 511 g/mol. The summed E-state index contributed by atoms with van der Waals surface area (Å²) in [5.74, 6) is 0.477. The summed E-state index contributed by atoms with van der Waals surface area (Å²) >= 11 is 6.19. The fourth-order valence-corrected chi connectivity index (χ4v) is 4.26. The number of nitrogens with one attached hydrogen (secondary N) is 1. The molecule has 1 saturated heterocycles. The van der Waals surface area contributed by atoms with Crippen LogP contribution in [0.3, 0.4) is 0 Å². The lowest BCUT2D eigenvalue weighted by molar-refractivity contribution is 0.0600. The molecule has 1 aliphatic heterocycles. The first-order chi connectivity index (χ1) is 17.4. The quantitative estimate of drug-likeness (QED) is 0.422. The van der Waals surface area contributed by atoms with E-state index in [1.807, 2.05) is 11.8 Å². The molecule has 0 spiro atoms. The summed E-state index contributed by atoms with van der Waals surface area (Å²) < 4.78 is 23.5. The highest BCUT2D eigenvalue weighted by atomic mass is 35.5. The molecule has 1 amide bonds. The molecular formula is C27H27ClFN3O4. The number of halogens is 2. The summed E-state index contributed by atoms with van der Waals surface area (Å²) in [7, 11) is 1.33. The number of ether oxygens (including phenoxy) is 2. The molecule has 0 bridgehead atoms. The maximum Gasteiger partial charge on any atom is 0.337 e. The van der Waals surface area contributed by atoms with E-state index in [0.717, 1.165) is 12.0 Å². The molecule has 1 aromatic heterocycles. The van der Waals surface area contributed by atoms with Crippen molar-refractivity contribution in [2.45, 2.75) is 32.2 Å². The fourth-order valence-electron chi connectivity index (χ4n) is 4.10. The molecule has 0 radical (unpaired) electrons. The highest BCUT2D eigenvalue weighted by molar-refractivity contribution is 6.31. The molecule has 36 heavy (non-hydrogen) atoms. The standard InChI is InChI=1S/C27H27ClFN3O4/c1-17(19-5-7-20(8-6-19)27(34)35-2)31-26(33)24-13-21(28)15-30-25(24)32-12-11-23(16-32)36-22-9-3-18(14-29)4-10-22/h3-10,13,15,17,23H,11-12,14,16H2,1-2H3,(H,31,33)/t17-,23?/m0/s1. The molecule has 7 nitrogen and oxygen atoms in total. The van der Waals surface area contributed by atoms with Gasteiger partial charge < -0.3 is 19.7 Å². The first-order valence-corrected chi connectivity index (χ1v) is 12.0. The third-order valence-electron chi connectivity index (χ3n) is 6.08. The number of carbonyl (C=O) groups is 2. The van der Waals surface area contributed by atoms with Crippen LogP contribution in [0, 0.1) is 0 Å². The van der Waals surface area contributed by atoms with Crippen LogP contribution in [-0.4, -0.2) is 43.2 Å². The van der Waals surface area contributed by atoms with Gasteiger partial charge in [0.05, 0.1) is 35.8 Å². The minimum absolute atomic E-state index is 0.0955. The van der Waals surface area contributed by atoms with Crippen molar-refractivity contribution in [1.82, 2.24) is 10.3 Å². The number of esters is 1. The van der Waals surface area contributed by atoms with Crippen LogP contribution in [0.15, 0.2) is 60.8 Å². The SMILES string of the molecule is COC(=O)c1ccc([C@H](C)NC(=O)c2cc(Cl)cnc2N2CCC(Oc3ccc(CF)cc3)C2)cc1. The van der Waals surface area contributed by atoms with Crippen LogP contribution in [0.1, 0.15) is 51.2 Å². The van der Waals surface area contributed by atoms with Gasteiger partial charge in [0.15, 0.2) is 0 Å². The van der Waals surface area contributed by atoms with E-state index in [1.165, 1.54) is 13.3 Å². The third kappa shape index (κ3) is 5.94. The van der Waals surface area contributed by atoms with Crippen molar-refractivity contribution in [3.63, 3.8) is 0 Å². The van der Waals surface area contributed by atoms with Crippen LogP contribution in [0.5, 0.6) is 5.75 Å². The molecule has 3 aromatic rings. The summed E-state index contributed by atoms with van der Waals surface area (Å²) in [5.41, 5.74) is 2.24. The molecule has 4 rings (SSSR count). The first kappa shape index (κ1) is 25.4. The van der Waals surface area contributed by atoms with Crippen molar-refractivity contribution in [2.24, 2.45) is 0 Å². The van der Waals surface area contributed by atoms with Gasteiger partial charge in [0.1, 0.15) is 24.3 Å². The van der Waals surface area contributed by atoms with Gasteiger partial charge in [-0.1, -0.05) is 35.9 Å². The number of aromatic nitrogens is 1. The Morgan fingerprint density at radius 1 is 1.19 bits per heavy atom. The second kappa shape index (κ2) is 11.4. The van der Waals surface area contributed by atoms with E-state index in [0.29, 0.717) is 46.4 Å². The molecule has 9 heteroatoms. The highest BCUT2D eigenvalue weighted by Crippen LogP contribution is 2.28. The number of carbonyl (C=O) groups excluding carboxylic acids is 2. The Bertz CT molecular complexity index is 1220. The lowest BCUT2D eigenvalue weighted by Gasteiger charge is -2.22. The Balaban J connectivity index is 1.44. The lowest BCUT2D eigenvalue weighted by atomic mass is 10.1. The number of hydrogen-bond acceptors (Lipinski definition) is 6. The molecular weight excluding hydrogens is 485 g/mol. The second-order valence-corrected chi connectivity index (χ2v) is 9.02. The minimum atomic E-state index is -0.512. The van der Waals surface area contributed by atoms with Crippen LogP contribution in [0.2, 0.25) is 5.02 Å². The predicted octanol–water partition coefficient (Wildman–Crippen LogP) is 5.14. The zero-order chi connectivity index (χ0) is 25.7. The van der Waals surface area contributed by atoms with Crippen molar-refractivity contribution in [3.05, 3.63) is 88.1 Å². The summed E-state index contributed by atoms with van der Waals surface area (Å²) in [6, 6.07) is 15.1. The van der Waals surface area contributed by atoms with E-state index < -0.39 is 12.6 Å². The molecule has 188 valence electrons. The molecule has 2 atom stereocenters. The molecule has 0 saturated carbocycles. The average molecular weight is 512 g/mol. The minimum Gasteiger partial charge on any atom is -0.489 e. The number of benzene rings is 2. The van der Waals surface area contributed by atoms with Gasteiger partial charge in [0.25, 0.3) is 5.91 Å². The number of anilines is 1. The maximum atomic E-state index is 13.2. The van der Waals surface area contributed by atoms with E-state index in [-0.39, 0.29) is 18.1 Å². The summed E-state index contributed by atoms with van der Waals surface area (Å²) in [6.45, 7) is 2.55. The molecule has 2 heterocycles. The number of methoxy groups -OCH3 is 1. The predicted molar refractivity (Wildman–Crippen MR) is 135 cm³/mol. The van der Waals surface area contributed by atoms with Crippen LogP contribution in [0.25, 0.3) is 0 Å². The Hall–Kier alpha value is -3.65. The van der Waals surface area contributed by atoms with Crippen LogP contribution in [0.4, 0.5) is 10.2 Å². The van der Waals surface area contributed by atoms with E-state index in [9.17, 15) is 14.0 Å². The molecule has 1 N–H and O–H groups in total. The molecule has 1 fully saturated rings. The van der Waals surface area contributed by atoms with Crippen molar-refractivity contribution in [3.8, 4) is 5.75 Å². The summed E-state index contributed by atoms with van der Waals surface area (Å²) in [5, 5.41) is 3.35. The number of amides is 1. The number of nitrogens with zero attached hydrogens (tertiary/aromatic N) is 2. The van der Waals surface area contributed by atoms with Crippen molar-refractivity contribution < 1.29 is 23.5 Å². The molecule has 1 unspecified atom stereocenters. The average Bonchev–Trinajstić information content (AvgIpc) is 3.36. The zero-order valence-electron chi connectivity index (χ0n) is 20.0. The highest BCUT2D eigenvalue weighted by Gasteiger charge is 2.29. The summed E-state index contributed by atoms with van der Waals surface area (Å²) in [6.07, 6.45) is 2.17. The summed E-state index contributed by atoms with van der Waals surface area (Å²) in [4.78, 5) is 31.4. The van der Waals surface area contributed by atoms with Gasteiger partial charge in [-0.25, -0.2) is 14.2 Å². The van der Waals surface area contributed by atoms with Gasteiger partial charge in [0.2, 0.25) is 0 Å². The lowest BCUT2D eigenvalue weighted by Crippen LogP contribution is -2.31. The Morgan fingerprint density at radius 3 is 2.58 bits per heavy atom. The maximum absolute atomic E-state index is 13.2. The van der Waals surface area contributed by atoms with Crippen LogP contribution >= 0.6 is 11.6 Å². The Labute approximate surface area is 214 Å². The van der Waals surface area contributed by atoms with Gasteiger partial charge in [-0.3, -0.25) is 4.79 Å². The van der Waals surface area contributed by atoms with Gasteiger partial charge >= 0.3 is 5.97 Å². The van der Waals surface area contributed by atoms with Crippen LogP contribution < -0.4 is 15.0 Å². The molecule has 0 aliphatic carbocycles.